The van der Waals surface area contributed by atoms with Gasteiger partial charge in [0, 0.05) is 0 Å². The summed E-state index contributed by atoms with van der Waals surface area (Å²) in [4.78, 5) is 0. The fourth-order valence-corrected chi connectivity index (χ4v) is 3.31. The fraction of sp³-hybridized carbons (Fsp3) is 0.357. The van der Waals surface area contributed by atoms with Crippen molar-refractivity contribution in [3.8, 4) is 17.6 Å². The first kappa shape index (κ1) is 15.6. The molecular formula is C14H16NO5P. The molecule has 21 heavy (non-hydrogen) atoms. The number of nitrogens with zero attached hydrogens (tertiary/aromatic N) is 1. The minimum absolute atomic E-state index is 0.0370. The summed E-state index contributed by atoms with van der Waals surface area (Å²) in [6, 6.07) is 7.09. The van der Waals surface area contributed by atoms with Gasteiger partial charge in [0.1, 0.15) is 11.4 Å². The molecule has 0 unspecified atom stereocenters. The van der Waals surface area contributed by atoms with Crippen LogP contribution in [0.2, 0.25) is 0 Å². The molecule has 0 radical (unpaired) electrons. The summed E-state index contributed by atoms with van der Waals surface area (Å²) in [5.41, 5.74) is 0.662. The van der Waals surface area contributed by atoms with Gasteiger partial charge in [-0.2, -0.15) is 5.26 Å². The maximum absolute atomic E-state index is 12.6. The van der Waals surface area contributed by atoms with Crippen LogP contribution in [0.15, 0.2) is 23.5 Å². The van der Waals surface area contributed by atoms with Crippen LogP contribution in [0.5, 0.6) is 11.5 Å². The standard InChI is InChI=1S/C14H16NO5P/c1-3-19-21(16,20-4-2)12(9-15)7-11-5-6-13-14(8-11)18-10-17-13/h5-8H,3-4,10H2,1-2H3. The zero-order valence-electron chi connectivity index (χ0n) is 11.9. The summed E-state index contributed by atoms with van der Waals surface area (Å²) in [7, 11) is -3.59. The Bertz CT molecular complexity index is 625. The van der Waals surface area contributed by atoms with E-state index in [9.17, 15) is 9.83 Å². The number of rotatable bonds is 6. The van der Waals surface area contributed by atoms with Crippen molar-refractivity contribution in [2.75, 3.05) is 20.0 Å². The van der Waals surface area contributed by atoms with E-state index in [1.165, 1.54) is 6.08 Å². The topological polar surface area (TPSA) is 77.8 Å². The van der Waals surface area contributed by atoms with E-state index < -0.39 is 7.60 Å². The van der Waals surface area contributed by atoms with Crippen LogP contribution in [0.3, 0.4) is 0 Å². The molecule has 7 heteroatoms. The molecule has 0 saturated heterocycles. The molecule has 0 amide bonds. The Hall–Kier alpha value is -1.80. The first-order valence-electron chi connectivity index (χ1n) is 6.54. The molecule has 112 valence electrons. The van der Waals surface area contributed by atoms with Crippen molar-refractivity contribution in [1.82, 2.24) is 0 Å². The van der Waals surface area contributed by atoms with Crippen LogP contribution >= 0.6 is 7.60 Å². The van der Waals surface area contributed by atoms with E-state index in [4.69, 9.17) is 18.5 Å². The third kappa shape index (κ3) is 3.45. The lowest BCUT2D eigenvalue weighted by Gasteiger charge is -2.15. The molecule has 1 heterocycles. The van der Waals surface area contributed by atoms with Crippen LogP contribution < -0.4 is 9.47 Å². The molecule has 0 aliphatic carbocycles. The second kappa shape index (κ2) is 6.77. The Morgan fingerprint density at radius 3 is 2.62 bits per heavy atom. The zero-order chi connectivity index (χ0) is 15.3. The molecule has 1 aromatic rings. The van der Waals surface area contributed by atoms with E-state index in [0.29, 0.717) is 17.1 Å². The third-order valence-corrected chi connectivity index (χ3v) is 4.72. The van der Waals surface area contributed by atoms with Crippen molar-refractivity contribution in [2.45, 2.75) is 13.8 Å². The van der Waals surface area contributed by atoms with Gasteiger partial charge in [-0.1, -0.05) is 6.07 Å². The number of fused-ring (bicyclic) bond motifs is 1. The molecule has 0 spiro atoms. The van der Waals surface area contributed by atoms with Gasteiger partial charge in [0.2, 0.25) is 6.79 Å². The fourth-order valence-electron chi connectivity index (χ4n) is 1.85. The quantitative estimate of drug-likeness (QED) is 0.590. The summed E-state index contributed by atoms with van der Waals surface area (Å²) in [5, 5.41) is 9.23. The van der Waals surface area contributed by atoms with Gasteiger partial charge in [-0.15, -0.1) is 0 Å². The Kier molecular flexibility index (Phi) is 5.03. The van der Waals surface area contributed by atoms with Crippen molar-refractivity contribution in [3.05, 3.63) is 29.1 Å². The average molecular weight is 309 g/mol. The summed E-state index contributed by atoms with van der Waals surface area (Å²) in [6.45, 7) is 3.95. The second-order valence-corrected chi connectivity index (χ2v) is 6.08. The maximum Gasteiger partial charge on any atom is 0.371 e. The summed E-state index contributed by atoms with van der Waals surface area (Å²) < 4.78 is 33.4. The lowest BCUT2D eigenvalue weighted by atomic mass is 10.2. The van der Waals surface area contributed by atoms with Crippen molar-refractivity contribution >= 4 is 13.7 Å². The van der Waals surface area contributed by atoms with Crippen molar-refractivity contribution in [2.24, 2.45) is 0 Å². The van der Waals surface area contributed by atoms with Gasteiger partial charge >= 0.3 is 7.60 Å². The largest absolute Gasteiger partial charge is 0.454 e. The highest BCUT2D eigenvalue weighted by Gasteiger charge is 2.30. The number of hydrogen-bond donors (Lipinski definition) is 0. The van der Waals surface area contributed by atoms with Gasteiger partial charge in [0.15, 0.2) is 11.5 Å². The van der Waals surface area contributed by atoms with Gasteiger partial charge in [0.05, 0.1) is 13.2 Å². The molecule has 1 aromatic carbocycles. The summed E-state index contributed by atoms with van der Waals surface area (Å²) in [6.07, 6.45) is 1.48. The summed E-state index contributed by atoms with van der Waals surface area (Å²) >= 11 is 0. The van der Waals surface area contributed by atoms with Gasteiger partial charge in [0.25, 0.3) is 0 Å². The lowest BCUT2D eigenvalue weighted by Crippen LogP contribution is -1.97. The Labute approximate surface area is 123 Å². The first-order valence-corrected chi connectivity index (χ1v) is 8.08. The number of allylic oxidation sites excluding steroid dienone is 1. The molecule has 0 atom stereocenters. The minimum atomic E-state index is -3.59. The monoisotopic (exact) mass is 309 g/mol. The smallest absolute Gasteiger partial charge is 0.371 e. The van der Waals surface area contributed by atoms with E-state index in [0.717, 1.165) is 0 Å². The van der Waals surface area contributed by atoms with Crippen LogP contribution in [0.25, 0.3) is 6.08 Å². The highest BCUT2D eigenvalue weighted by atomic mass is 31.2. The zero-order valence-corrected chi connectivity index (χ0v) is 12.8. The minimum Gasteiger partial charge on any atom is -0.454 e. The lowest BCUT2D eigenvalue weighted by molar-refractivity contribution is 0.174. The predicted molar refractivity (Wildman–Crippen MR) is 77.0 cm³/mol. The van der Waals surface area contributed by atoms with E-state index in [2.05, 4.69) is 0 Å². The second-order valence-electron chi connectivity index (χ2n) is 4.09. The molecular weight excluding hydrogens is 293 g/mol. The average Bonchev–Trinajstić information content (AvgIpc) is 2.92. The normalized spacial score (nSPS) is 14.0. The molecule has 1 aliphatic heterocycles. The highest BCUT2D eigenvalue weighted by molar-refractivity contribution is 7.59. The van der Waals surface area contributed by atoms with Crippen LogP contribution in [-0.2, 0) is 13.6 Å². The molecule has 0 fully saturated rings. The first-order chi connectivity index (χ1) is 10.1. The molecule has 0 aromatic heterocycles. The van der Waals surface area contributed by atoms with Crippen LogP contribution in [0.1, 0.15) is 19.4 Å². The van der Waals surface area contributed by atoms with Crippen molar-refractivity contribution < 1.29 is 23.1 Å². The number of hydrogen-bond acceptors (Lipinski definition) is 6. The van der Waals surface area contributed by atoms with Gasteiger partial charge < -0.3 is 18.5 Å². The van der Waals surface area contributed by atoms with Gasteiger partial charge in [-0.05, 0) is 37.6 Å². The molecule has 6 nitrogen and oxygen atoms in total. The van der Waals surface area contributed by atoms with E-state index in [1.54, 1.807) is 32.0 Å². The molecule has 0 N–H and O–H groups in total. The van der Waals surface area contributed by atoms with Crippen LogP contribution in [0.4, 0.5) is 0 Å². The SMILES string of the molecule is CCOP(=O)(OCC)C(C#N)=Cc1ccc2c(c1)OCO2. The van der Waals surface area contributed by atoms with E-state index >= 15 is 0 Å². The number of benzene rings is 1. The Morgan fingerprint density at radius 1 is 1.33 bits per heavy atom. The molecule has 1 aliphatic rings. The molecule has 2 rings (SSSR count). The Balaban J connectivity index is 2.35. The van der Waals surface area contributed by atoms with E-state index in [1.807, 2.05) is 6.07 Å². The van der Waals surface area contributed by atoms with Crippen molar-refractivity contribution in [3.63, 3.8) is 0 Å². The van der Waals surface area contributed by atoms with Crippen LogP contribution in [-0.4, -0.2) is 20.0 Å². The van der Waals surface area contributed by atoms with E-state index in [-0.39, 0.29) is 25.3 Å². The van der Waals surface area contributed by atoms with Crippen LogP contribution in [0, 0.1) is 11.3 Å². The molecule has 0 bridgehead atoms. The maximum atomic E-state index is 12.6. The summed E-state index contributed by atoms with van der Waals surface area (Å²) in [5.74, 6) is 1.23. The highest BCUT2D eigenvalue weighted by Crippen LogP contribution is 2.56. The molecule has 0 saturated carbocycles. The van der Waals surface area contributed by atoms with Crippen molar-refractivity contribution in [1.29, 1.82) is 5.26 Å². The number of nitriles is 1. The predicted octanol–water partition coefficient (Wildman–Crippen LogP) is 3.55. The van der Waals surface area contributed by atoms with Gasteiger partial charge in [-0.3, -0.25) is 4.57 Å². The third-order valence-electron chi connectivity index (χ3n) is 2.71. The Morgan fingerprint density at radius 2 is 2.00 bits per heavy atom. The van der Waals surface area contributed by atoms with Gasteiger partial charge in [-0.25, -0.2) is 0 Å². The number of ether oxygens (including phenoxy) is 2.